The minimum atomic E-state index is -0.241. The van der Waals surface area contributed by atoms with Gasteiger partial charge in [-0.25, -0.2) is 0 Å². The lowest BCUT2D eigenvalue weighted by Gasteiger charge is -2.08. The summed E-state index contributed by atoms with van der Waals surface area (Å²) in [5, 5.41) is 2.85. The Balaban J connectivity index is 1.36. The Hall–Kier alpha value is -3.05. The maximum atomic E-state index is 12.3. The zero-order valence-corrected chi connectivity index (χ0v) is 15.1. The molecule has 0 bridgehead atoms. The molecule has 140 valence electrons. The molecule has 0 aliphatic rings. The van der Waals surface area contributed by atoms with Crippen LogP contribution in [0.25, 0.3) is 0 Å². The number of hydrogen-bond donors (Lipinski definition) is 1. The Labute approximate surface area is 158 Å². The Bertz CT molecular complexity index is 815. The zero-order valence-electron chi connectivity index (χ0n) is 15.1. The highest BCUT2D eigenvalue weighted by atomic mass is 16.5. The molecule has 0 aliphatic carbocycles. The third-order valence-electron chi connectivity index (χ3n) is 3.95. The quantitative estimate of drug-likeness (QED) is 0.547. The van der Waals surface area contributed by atoms with Crippen molar-refractivity contribution < 1.29 is 18.7 Å². The topological polar surface area (TPSA) is 60.7 Å². The molecule has 0 radical (unpaired) electrons. The van der Waals surface area contributed by atoms with Gasteiger partial charge in [0.05, 0.1) is 12.9 Å². The monoisotopic (exact) mass is 365 g/mol. The molecule has 0 atom stereocenters. The van der Waals surface area contributed by atoms with Crippen molar-refractivity contribution in [3.05, 3.63) is 89.9 Å². The molecule has 0 aliphatic heterocycles. The molecule has 1 aromatic heterocycles. The number of ether oxygens (including phenoxy) is 2. The van der Waals surface area contributed by atoms with Gasteiger partial charge in [0.15, 0.2) is 5.76 Å². The summed E-state index contributed by atoms with van der Waals surface area (Å²) in [7, 11) is 0. The third kappa shape index (κ3) is 6.01. The van der Waals surface area contributed by atoms with Gasteiger partial charge in [-0.1, -0.05) is 48.5 Å². The molecule has 5 heteroatoms. The molecule has 0 saturated heterocycles. The number of carbonyl (C=O) groups is 1. The molecule has 0 fully saturated rings. The van der Waals surface area contributed by atoms with E-state index in [9.17, 15) is 4.79 Å². The van der Waals surface area contributed by atoms with Gasteiger partial charge in [0.1, 0.15) is 12.4 Å². The predicted octanol–water partition coefficient (Wildman–Crippen LogP) is 4.20. The zero-order chi connectivity index (χ0) is 18.7. The van der Waals surface area contributed by atoms with Gasteiger partial charge in [-0.15, -0.1) is 0 Å². The minimum absolute atomic E-state index is 0.241. The number of hydrogen-bond acceptors (Lipinski definition) is 4. The predicted molar refractivity (Wildman–Crippen MR) is 103 cm³/mol. The van der Waals surface area contributed by atoms with Crippen LogP contribution in [0.3, 0.4) is 0 Å². The fourth-order valence-corrected chi connectivity index (χ4v) is 2.55. The Morgan fingerprint density at radius 1 is 0.926 bits per heavy atom. The average molecular weight is 365 g/mol. The number of benzene rings is 2. The number of furan rings is 1. The van der Waals surface area contributed by atoms with Crippen LogP contribution in [0, 0.1) is 0 Å². The largest absolute Gasteiger partial charge is 0.489 e. The number of rotatable bonds is 10. The lowest BCUT2D eigenvalue weighted by molar-refractivity contribution is 0.0905. The lowest BCUT2D eigenvalue weighted by Crippen LogP contribution is -2.26. The summed E-state index contributed by atoms with van der Waals surface area (Å²) in [6, 6.07) is 21.2. The summed E-state index contributed by atoms with van der Waals surface area (Å²) in [4.78, 5) is 12.3. The highest BCUT2D eigenvalue weighted by Gasteiger charge is 2.15. The van der Waals surface area contributed by atoms with Gasteiger partial charge in [0.2, 0.25) is 0 Å². The van der Waals surface area contributed by atoms with Crippen molar-refractivity contribution >= 4 is 5.91 Å². The fourth-order valence-electron chi connectivity index (χ4n) is 2.55. The van der Waals surface area contributed by atoms with Crippen LogP contribution in [0.4, 0.5) is 0 Å². The summed E-state index contributed by atoms with van der Waals surface area (Å²) in [6.07, 6.45) is 2.23. The molecular formula is C22H23NO4. The average Bonchev–Trinajstić information content (AvgIpc) is 3.19. The van der Waals surface area contributed by atoms with Crippen molar-refractivity contribution in [1.82, 2.24) is 5.32 Å². The normalized spacial score (nSPS) is 10.5. The third-order valence-corrected chi connectivity index (χ3v) is 3.95. The number of nitrogens with one attached hydrogen (secondary N) is 1. The van der Waals surface area contributed by atoms with Crippen LogP contribution >= 0.6 is 0 Å². The van der Waals surface area contributed by atoms with Crippen LogP contribution in [0.5, 0.6) is 5.75 Å². The van der Waals surface area contributed by atoms with Crippen LogP contribution in [-0.4, -0.2) is 19.1 Å². The van der Waals surface area contributed by atoms with Crippen molar-refractivity contribution in [3.63, 3.8) is 0 Å². The van der Waals surface area contributed by atoms with E-state index in [2.05, 4.69) is 5.32 Å². The summed E-state index contributed by atoms with van der Waals surface area (Å²) in [5.74, 6) is 0.798. The summed E-state index contributed by atoms with van der Waals surface area (Å²) >= 11 is 0. The van der Waals surface area contributed by atoms with Crippen molar-refractivity contribution in [2.45, 2.75) is 19.6 Å². The van der Waals surface area contributed by atoms with Gasteiger partial charge >= 0.3 is 0 Å². The molecular weight excluding hydrogens is 342 g/mol. The fraction of sp³-hybridized carbons (Fsp3) is 0.227. The minimum Gasteiger partial charge on any atom is -0.489 e. The smallest absolute Gasteiger partial charge is 0.287 e. The Kier molecular flexibility index (Phi) is 7.07. The van der Waals surface area contributed by atoms with Crippen molar-refractivity contribution in [2.75, 3.05) is 13.2 Å². The highest BCUT2D eigenvalue weighted by Crippen LogP contribution is 2.15. The van der Waals surface area contributed by atoms with Crippen molar-refractivity contribution in [3.8, 4) is 5.75 Å². The van der Waals surface area contributed by atoms with Gasteiger partial charge in [-0.3, -0.25) is 4.79 Å². The first kappa shape index (κ1) is 18.7. The molecule has 2 aromatic carbocycles. The van der Waals surface area contributed by atoms with Gasteiger partial charge in [-0.2, -0.15) is 0 Å². The number of para-hydroxylation sites is 1. The molecule has 1 amide bonds. The second-order valence-electron chi connectivity index (χ2n) is 6.02. The molecule has 3 aromatic rings. The molecule has 0 saturated carbocycles. The van der Waals surface area contributed by atoms with Crippen molar-refractivity contribution in [1.29, 1.82) is 0 Å². The van der Waals surface area contributed by atoms with Gasteiger partial charge in [0.25, 0.3) is 5.91 Å². The Morgan fingerprint density at radius 2 is 1.67 bits per heavy atom. The maximum absolute atomic E-state index is 12.3. The van der Waals surface area contributed by atoms with Crippen LogP contribution in [-0.2, 0) is 18.0 Å². The van der Waals surface area contributed by atoms with Crippen molar-refractivity contribution in [2.24, 2.45) is 0 Å². The maximum Gasteiger partial charge on any atom is 0.287 e. The first-order valence-corrected chi connectivity index (χ1v) is 8.97. The molecule has 27 heavy (non-hydrogen) atoms. The Morgan fingerprint density at radius 3 is 2.44 bits per heavy atom. The molecule has 3 rings (SSSR count). The first-order chi connectivity index (χ1) is 13.3. The van der Waals surface area contributed by atoms with E-state index in [-0.39, 0.29) is 18.3 Å². The highest BCUT2D eigenvalue weighted by molar-refractivity contribution is 5.92. The lowest BCUT2D eigenvalue weighted by atomic mass is 10.2. The van der Waals surface area contributed by atoms with E-state index in [1.165, 1.54) is 6.26 Å². The summed E-state index contributed by atoms with van der Waals surface area (Å²) in [6.45, 7) is 1.96. The SMILES string of the molecule is O=C(NCCCOCc1ccccc1)c1occc1COc1ccccc1. The molecule has 1 N–H and O–H groups in total. The van der Waals surface area contributed by atoms with E-state index in [1.54, 1.807) is 6.07 Å². The number of carbonyl (C=O) groups excluding carboxylic acids is 1. The molecule has 0 unspecified atom stereocenters. The van der Waals surface area contributed by atoms with Crippen LogP contribution in [0.2, 0.25) is 0 Å². The van der Waals surface area contributed by atoms with Gasteiger partial charge in [0, 0.05) is 18.7 Å². The summed E-state index contributed by atoms with van der Waals surface area (Å²) in [5.41, 5.74) is 1.86. The molecule has 5 nitrogen and oxygen atoms in total. The van der Waals surface area contributed by atoms with Crippen LogP contribution in [0.15, 0.2) is 77.4 Å². The van der Waals surface area contributed by atoms with Gasteiger partial charge < -0.3 is 19.2 Å². The molecule has 0 spiro atoms. The van der Waals surface area contributed by atoms with Crippen LogP contribution < -0.4 is 10.1 Å². The number of amides is 1. The summed E-state index contributed by atoms with van der Waals surface area (Å²) < 4.78 is 16.6. The van der Waals surface area contributed by atoms with E-state index in [0.29, 0.717) is 19.8 Å². The van der Waals surface area contributed by atoms with Gasteiger partial charge in [-0.05, 0) is 30.2 Å². The van der Waals surface area contributed by atoms with E-state index in [0.717, 1.165) is 23.3 Å². The van der Waals surface area contributed by atoms with E-state index in [1.807, 2.05) is 60.7 Å². The van der Waals surface area contributed by atoms with E-state index >= 15 is 0 Å². The molecule has 1 heterocycles. The first-order valence-electron chi connectivity index (χ1n) is 8.97. The van der Waals surface area contributed by atoms with Crippen LogP contribution in [0.1, 0.15) is 28.1 Å². The standard InChI is InChI=1S/C22H23NO4/c24-22(23-13-7-14-25-16-18-8-3-1-4-9-18)21-19(12-15-26-21)17-27-20-10-5-2-6-11-20/h1-6,8-12,15H,7,13-14,16-17H2,(H,23,24). The second-order valence-corrected chi connectivity index (χ2v) is 6.02. The van der Waals surface area contributed by atoms with E-state index < -0.39 is 0 Å². The second kappa shape index (κ2) is 10.2. The van der Waals surface area contributed by atoms with E-state index in [4.69, 9.17) is 13.9 Å².